The highest BCUT2D eigenvalue weighted by Gasteiger charge is 2.17. The molecule has 1 heterocycles. The van der Waals surface area contributed by atoms with Gasteiger partial charge in [0.05, 0.1) is 23.4 Å². The molecule has 0 atom stereocenters. The number of nitrogens with zero attached hydrogens (tertiary/aromatic N) is 2. The molecular weight excluding hydrogens is 210 g/mol. The molecule has 2 aromatic rings. The second kappa shape index (κ2) is 3.91. The van der Waals surface area contributed by atoms with Crippen LogP contribution in [0.1, 0.15) is 29.8 Å². The quantitative estimate of drug-likeness (QED) is 0.761. The molecule has 0 saturated carbocycles. The zero-order valence-electron chi connectivity index (χ0n) is 10.1. The molecule has 3 rings (SSSR count). The molecule has 0 bridgehead atoms. The standard InChI is InChI=1S/C14H17N3/c1-10-5-4-6-11(15)14(10)17-9-16-12-7-2-3-8-13(12)17/h4-6,9H,2-3,7-8,15H2,1H3. The van der Waals surface area contributed by atoms with Gasteiger partial charge in [-0.1, -0.05) is 12.1 Å². The van der Waals surface area contributed by atoms with E-state index in [1.807, 2.05) is 18.5 Å². The summed E-state index contributed by atoms with van der Waals surface area (Å²) in [5.41, 5.74) is 11.8. The Morgan fingerprint density at radius 2 is 2.06 bits per heavy atom. The first kappa shape index (κ1) is 10.4. The summed E-state index contributed by atoms with van der Waals surface area (Å²) in [7, 11) is 0. The number of nitrogen functional groups attached to an aromatic ring is 1. The normalized spacial score (nSPS) is 14.6. The summed E-state index contributed by atoms with van der Waals surface area (Å²) in [6, 6.07) is 6.05. The molecule has 2 N–H and O–H groups in total. The van der Waals surface area contributed by atoms with Crippen molar-refractivity contribution in [2.45, 2.75) is 32.6 Å². The van der Waals surface area contributed by atoms with E-state index >= 15 is 0 Å². The van der Waals surface area contributed by atoms with Crippen LogP contribution in [0.3, 0.4) is 0 Å². The minimum Gasteiger partial charge on any atom is -0.397 e. The van der Waals surface area contributed by atoms with Crippen molar-refractivity contribution in [1.82, 2.24) is 9.55 Å². The Bertz CT molecular complexity index is 534. The highest BCUT2D eigenvalue weighted by molar-refractivity contribution is 5.62. The van der Waals surface area contributed by atoms with Crippen molar-refractivity contribution in [3.8, 4) is 5.69 Å². The average Bonchev–Trinajstić information content (AvgIpc) is 2.73. The van der Waals surface area contributed by atoms with E-state index in [1.165, 1.54) is 29.8 Å². The molecule has 1 aliphatic carbocycles. The molecule has 1 aromatic heterocycles. The molecule has 3 heteroatoms. The second-order valence-corrected chi connectivity index (χ2v) is 4.73. The molecule has 0 radical (unpaired) electrons. The third-order valence-corrected chi connectivity index (χ3v) is 3.54. The average molecular weight is 227 g/mol. The maximum absolute atomic E-state index is 6.10. The minimum absolute atomic E-state index is 0.829. The van der Waals surface area contributed by atoms with Crippen LogP contribution in [0.25, 0.3) is 5.69 Å². The first-order chi connectivity index (χ1) is 8.27. The number of aromatic nitrogens is 2. The molecule has 0 amide bonds. The number of nitrogens with two attached hydrogens (primary N) is 1. The number of imidazole rings is 1. The second-order valence-electron chi connectivity index (χ2n) is 4.73. The predicted molar refractivity (Wildman–Crippen MR) is 69.4 cm³/mol. The highest BCUT2D eigenvalue weighted by atomic mass is 15.1. The Balaban J connectivity index is 2.19. The summed E-state index contributed by atoms with van der Waals surface area (Å²) >= 11 is 0. The van der Waals surface area contributed by atoms with E-state index in [0.717, 1.165) is 24.2 Å². The van der Waals surface area contributed by atoms with Crippen LogP contribution in [0, 0.1) is 6.92 Å². The topological polar surface area (TPSA) is 43.8 Å². The monoisotopic (exact) mass is 227 g/mol. The number of hydrogen-bond acceptors (Lipinski definition) is 2. The predicted octanol–water partition coefficient (Wildman–Crippen LogP) is 2.64. The van der Waals surface area contributed by atoms with Crippen LogP contribution >= 0.6 is 0 Å². The lowest BCUT2D eigenvalue weighted by molar-refractivity contribution is 0.656. The van der Waals surface area contributed by atoms with E-state index in [1.54, 1.807) is 0 Å². The minimum atomic E-state index is 0.829. The zero-order chi connectivity index (χ0) is 11.8. The van der Waals surface area contributed by atoms with Gasteiger partial charge in [0.2, 0.25) is 0 Å². The van der Waals surface area contributed by atoms with Crippen LogP contribution < -0.4 is 5.73 Å². The molecule has 0 saturated heterocycles. The first-order valence-corrected chi connectivity index (χ1v) is 6.18. The lowest BCUT2D eigenvalue weighted by Crippen LogP contribution is -2.09. The van der Waals surface area contributed by atoms with Crippen molar-refractivity contribution in [2.75, 3.05) is 5.73 Å². The smallest absolute Gasteiger partial charge is 0.0998 e. The molecule has 0 fully saturated rings. The van der Waals surface area contributed by atoms with Crippen molar-refractivity contribution in [3.05, 3.63) is 41.5 Å². The van der Waals surface area contributed by atoms with E-state index < -0.39 is 0 Å². The Kier molecular flexibility index (Phi) is 2.39. The SMILES string of the molecule is Cc1cccc(N)c1-n1cnc2c1CCCC2. The first-order valence-electron chi connectivity index (χ1n) is 6.18. The zero-order valence-corrected chi connectivity index (χ0v) is 10.1. The number of rotatable bonds is 1. The number of fused-ring (bicyclic) bond motifs is 1. The van der Waals surface area contributed by atoms with Crippen LogP contribution in [0.5, 0.6) is 0 Å². The van der Waals surface area contributed by atoms with Gasteiger partial charge in [-0.3, -0.25) is 0 Å². The Labute approximate surface area is 101 Å². The highest BCUT2D eigenvalue weighted by Crippen LogP contribution is 2.27. The van der Waals surface area contributed by atoms with Crippen molar-refractivity contribution in [1.29, 1.82) is 0 Å². The van der Waals surface area contributed by atoms with E-state index in [2.05, 4.69) is 22.5 Å². The number of benzene rings is 1. The van der Waals surface area contributed by atoms with E-state index in [4.69, 9.17) is 5.73 Å². The maximum atomic E-state index is 6.10. The third-order valence-electron chi connectivity index (χ3n) is 3.54. The summed E-state index contributed by atoms with van der Waals surface area (Å²) < 4.78 is 2.18. The van der Waals surface area contributed by atoms with E-state index in [-0.39, 0.29) is 0 Å². The van der Waals surface area contributed by atoms with Gasteiger partial charge in [0.15, 0.2) is 0 Å². The van der Waals surface area contributed by atoms with Crippen LogP contribution in [-0.4, -0.2) is 9.55 Å². The largest absolute Gasteiger partial charge is 0.397 e. The Morgan fingerprint density at radius 1 is 1.24 bits per heavy atom. The maximum Gasteiger partial charge on any atom is 0.0998 e. The summed E-state index contributed by atoms with van der Waals surface area (Å²) in [5.74, 6) is 0. The van der Waals surface area contributed by atoms with E-state index in [9.17, 15) is 0 Å². The molecule has 0 unspecified atom stereocenters. The molecule has 0 aliphatic heterocycles. The van der Waals surface area contributed by atoms with Gasteiger partial charge >= 0.3 is 0 Å². The van der Waals surface area contributed by atoms with Crippen LogP contribution in [0.15, 0.2) is 24.5 Å². The van der Waals surface area contributed by atoms with Gasteiger partial charge in [0.1, 0.15) is 0 Å². The fraction of sp³-hybridized carbons (Fsp3) is 0.357. The van der Waals surface area contributed by atoms with Crippen LogP contribution in [0.2, 0.25) is 0 Å². The molecular formula is C14H17N3. The molecule has 1 aromatic carbocycles. The van der Waals surface area contributed by atoms with Gasteiger partial charge in [-0.05, 0) is 44.2 Å². The summed E-state index contributed by atoms with van der Waals surface area (Å²) in [4.78, 5) is 4.52. The van der Waals surface area contributed by atoms with Crippen LogP contribution in [0.4, 0.5) is 5.69 Å². The fourth-order valence-corrected chi connectivity index (χ4v) is 2.67. The van der Waals surface area contributed by atoms with Gasteiger partial charge in [-0.2, -0.15) is 0 Å². The summed E-state index contributed by atoms with van der Waals surface area (Å²) in [6.07, 6.45) is 6.66. The van der Waals surface area contributed by atoms with Gasteiger partial charge in [0.25, 0.3) is 0 Å². The summed E-state index contributed by atoms with van der Waals surface area (Å²) in [6.45, 7) is 2.10. The van der Waals surface area contributed by atoms with Crippen molar-refractivity contribution in [3.63, 3.8) is 0 Å². The number of hydrogen-bond donors (Lipinski definition) is 1. The molecule has 0 spiro atoms. The van der Waals surface area contributed by atoms with Gasteiger partial charge < -0.3 is 10.3 Å². The molecule has 88 valence electrons. The Hall–Kier alpha value is -1.77. The van der Waals surface area contributed by atoms with Gasteiger partial charge in [0, 0.05) is 5.69 Å². The molecule has 17 heavy (non-hydrogen) atoms. The summed E-state index contributed by atoms with van der Waals surface area (Å²) in [5, 5.41) is 0. The lowest BCUT2D eigenvalue weighted by Gasteiger charge is -2.16. The van der Waals surface area contributed by atoms with Crippen molar-refractivity contribution >= 4 is 5.69 Å². The van der Waals surface area contributed by atoms with Crippen molar-refractivity contribution in [2.24, 2.45) is 0 Å². The molecule has 1 aliphatic rings. The number of aryl methyl sites for hydroxylation is 2. The van der Waals surface area contributed by atoms with Crippen molar-refractivity contribution < 1.29 is 0 Å². The number of para-hydroxylation sites is 1. The fourth-order valence-electron chi connectivity index (χ4n) is 2.67. The Morgan fingerprint density at radius 3 is 2.88 bits per heavy atom. The number of anilines is 1. The molecule has 3 nitrogen and oxygen atoms in total. The van der Waals surface area contributed by atoms with Crippen LogP contribution in [-0.2, 0) is 12.8 Å². The van der Waals surface area contributed by atoms with Gasteiger partial charge in [-0.25, -0.2) is 4.98 Å². The third kappa shape index (κ3) is 1.62. The van der Waals surface area contributed by atoms with E-state index in [0.29, 0.717) is 0 Å². The lowest BCUT2D eigenvalue weighted by atomic mass is 10.0. The van der Waals surface area contributed by atoms with Gasteiger partial charge in [-0.15, -0.1) is 0 Å².